The van der Waals surface area contributed by atoms with Crippen molar-refractivity contribution in [3.8, 4) is 0 Å². The van der Waals surface area contributed by atoms with Crippen molar-refractivity contribution in [2.75, 3.05) is 29.2 Å². The van der Waals surface area contributed by atoms with Crippen LogP contribution in [0.25, 0.3) is 0 Å². The SMILES string of the molecule is Cc1ccnc(N2CCSCC2S(C)(=O)=O)c1C(=N)N. The average molecular weight is 314 g/mol. The molecule has 0 aliphatic carbocycles. The number of hydrogen-bond donors (Lipinski definition) is 2. The van der Waals surface area contributed by atoms with Crippen molar-refractivity contribution >= 4 is 33.3 Å². The zero-order chi connectivity index (χ0) is 14.9. The number of amidine groups is 1. The highest BCUT2D eigenvalue weighted by molar-refractivity contribution is 8.01. The van der Waals surface area contributed by atoms with Gasteiger partial charge in [0.25, 0.3) is 0 Å². The highest BCUT2D eigenvalue weighted by Crippen LogP contribution is 2.28. The molecule has 1 aromatic rings. The first-order valence-electron chi connectivity index (χ1n) is 6.15. The molecule has 8 heteroatoms. The van der Waals surface area contributed by atoms with E-state index in [1.807, 2.05) is 6.92 Å². The minimum absolute atomic E-state index is 0.0870. The molecule has 0 bridgehead atoms. The first-order chi connectivity index (χ1) is 9.32. The van der Waals surface area contributed by atoms with Gasteiger partial charge in [0.2, 0.25) is 0 Å². The number of rotatable bonds is 3. The van der Waals surface area contributed by atoms with E-state index in [-0.39, 0.29) is 5.84 Å². The highest BCUT2D eigenvalue weighted by atomic mass is 32.2. The zero-order valence-corrected chi connectivity index (χ0v) is 13.1. The summed E-state index contributed by atoms with van der Waals surface area (Å²) in [6, 6.07) is 1.77. The first kappa shape index (κ1) is 15.1. The van der Waals surface area contributed by atoms with Gasteiger partial charge in [-0.1, -0.05) is 0 Å². The summed E-state index contributed by atoms with van der Waals surface area (Å²) in [4.78, 5) is 6.04. The van der Waals surface area contributed by atoms with Crippen molar-refractivity contribution in [1.82, 2.24) is 4.98 Å². The van der Waals surface area contributed by atoms with Gasteiger partial charge in [0.15, 0.2) is 9.84 Å². The molecule has 6 nitrogen and oxygen atoms in total. The number of nitrogens with zero attached hydrogens (tertiary/aromatic N) is 2. The highest BCUT2D eigenvalue weighted by Gasteiger charge is 2.33. The number of nitrogens with two attached hydrogens (primary N) is 1. The Balaban J connectivity index is 2.54. The molecule has 1 atom stereocenters. The van der Waals surface area contributed by atoms with E-state index in [2.05, 4.69) is 4.98 Å². The van der Waals surface area contributed by atoms with E-state index < -0.39 is 15.2 Å². The van der Waals surface area contributed by atoms with E-state index in [0.717, 1.165) is 11.3 Å². The monoisotopic (exact) mass is 314 g/mol. The third-order valence-corrected chi connectivity index (χ3v) is 5.90. The van der Waals surface area contributed by atoms with E-state index >= 15 is 0 Å². The fourth-order valence-electron chi connectivity index (χ4n) is 2.27. The second kappa shape index (κ2) is 5.61. The summed E-state index contributed by atoms with van der Waals surface area (Å²) in [5, 5.41) is 7.10. The summed E-state index contributed by atoms with van der Waals surface area (Å²) in [5.74, 6) is 1.74. The predicted molar refractivity (Wildman–Crippen MR) is 83.3 cm³/mol. The standard InChI is InChI=1S/C12H18N4O2S2/c1-8-3-4-15-12(10(8)11(13)14)16-5-6-19-7-9(16)20(2,17)18/h3-4,9H,5-7H2,1-2H3,(H3,13,14). The third kappa shape index (κ3) is 2.90. The molecule has 0 radical (unpaired) electrons. The van der Waals surface area contributed by atoms with Crippen LogP contribution in [0.3, 0.4) is 0 Å². The molecule has 2 rings (SSSR count). The van der Waals surface area contributed by atoms with Crippen molar-refractivity contribution in [3.05, 3.63) is 23.4 Å². The third-order valence-electron chi connectivity index (χ3n) is 3.26. The number of aromatic nitrogens is 1. The molecule has 1 aliphatic heterocycles. The number of nitrogens with one attached hydrogen (secondary N) is 1. The van der Waals surface area contributed by atoms with Gasteiger partial charge in [0, 0.05) is 30.5 Å². The van der Waals surface area contributed by atoms with Gasteiger partial charge in [-0.15, -0.1) is 0 Å². The molecule has 0 spiro atoms. The molecule has 1 aromatic heterocycles. The van der Waals surface area contributed by atoms with Crippen LogP contribution in [-0.4, -0.2) is 48.9 Å². The number of pyridine rings is 1. The first-order valence-corrected chi connectivity index (χ1v) is 9.26. The van der Waals surface area contributed by atoms with Gasteiger partial charge in [-0.25, -0.2) is 13.4 Å². The van der Waals surface area contributed by atoms with Crippen molar-refractivity contribution in [2.24, 2.45) is 5.73 Å². The number of thioether (sulfide) groups is 1. The van der Waals surface area contributed by atoms with E-state index in [9.17, 15) is 8.42 Å². The molecular weight excluding hydrogens is 296 g/mol. The van der Waals surface area contributed by atoms with E-state index in [1.54, 1.807) is 28.9 Å². The van der Waals surface area contributed by atoms with Crippen LogP contribution in [0.4, 0.5) is 5.82 Å². The van der Waals surface area contributed by atoms with Crippen LogP contribution in [0.2, 0.25) is 0 Å². The topological polar surface area (TPSA) is 100 Å². The maximum absolute atomic E-state index is 12.0. The predicted octanol–water partition coefficient (Wildman–Crippen LogP) is 0.598. The summed E-state index contributed by atoms with van der Waals surface area (Å²) in [5.41, 5.74) is 6.99. The summed E-state index contributed by atoms with van der Waals surface area (Å²) >= 11 is 1.61. The second-order valence-electron chi connectivity index (χ2n) is 4.79. The lowest BCUT2D eigenvalue weighted by Crippen LogP contribution is -2.48. The molecule has 2 heterocycles. The molecule has 1 fully saturated rings. The fraction of sp³-hybridized carbons (Fsp3) is 0.500. The van der Waals surface area contributed by atoms with Gasteiger partial charge >= 0.3 is 0 Å². The van der Waals surface area contributed by atoms with E-state index in [0.29, 0.717) is 23.7 Å². The Hall–Kier alpha value is -1.28. The van der Waals surface area contributed by atoms with Gasteiger partial charge in [0.1, 0.15) is 17.0 Å². The number of sulfone groups is 1. The maximum Gasteiger partial charge on any atom is 0.169 e. The Morgan fingerprint density at radius 3 is 2.90 bits per heavy atom. The van der Waals surface area contributed by atoms with Crippen molar-refractivity contribution in [3.63, 3.8) is 0 Å². The largest absolute Gasteiger partial charge is 0.384 e. The second-order valence-corrected chi connectivity index (χ2v) is 8.15. The molecule has 1 saturated heterocycles. The van der Waals surface area contributed by atoms with Crippen LogP contribution in [-0.2, 0) is 9.84 Å². The van der Waals surface area contributed by atoms with Crippen molar-refractivity contribution < 1.29 is 8.42 Å². The number of aryl methyl sites for hydroxylation is 1. The fourth-order valence-corrected chi connectivity index (χ4v) is 5.09. The van der Waals surface area contributed by atoms with Gasteiger partial charge in [-0.2, -0.15) is 11.8 Å². The van der Waals surface area contributed by atoms with Crippen LogP contribution in [0, 0.1) is 12.3 Å². The lowest BCUT2D eigenvalue weighted by Gasteiger charge is -2.36. The van der Waals surface area contributed by atoms with Gasteiger partial charge in [-0.3, -0.25) is 5.41 Å². The molecule has 1 unspecified atom stereocenters. The number of nitrogen functional groups attached to an aromatic ring is 1. The normalized spacial score (nSPS) is 19.9. The quantitative estimate of drug-likeness (QED) is 0.626. The summed E-state index contributed by atoms with van der Waals surface area (Å²) in [6.07, 6.45) is 2.86. The molecule has 110 valence electrons. The smallest absolute Gasteiger partial charge is 0.169 e. The van der Waals surface area contributed by atoms with Gasteiger partial charge < -0.3 is 10.6 Å². The Morgan fingerprint density at radius 1 is 1.60 bits per heavy atom. The Morgan fingerprint density at radius 2 is 2.30 bits per heavy atom. The van der Waals surface area contributed by atoms with Crippen molar-refractivity contribution in [2.45, 2.75) is 12.3 Å². The van der Waals surface area contributed by atoms with Crippen molar-refractivity contribution in [1.29, 1.82) is 5.41 Å². The number of anilines is 1. The van der Waals surface area contributed by atoms with Crippen LogP contribution in [0.15, 0.2) is 12.3 Å². The summed E-state index contributed by atoms with van der Waals surface area (Å²) < 4.78 is 23.9. The lowest BCUT2D eigenvalue weighted by atomic mass is 10.1. The lowest BCUT2D eigenvalue weighted by molar-refractivity contribution is 0.583. The molecule has 0 amide bonds. The Kier molecular flexibility index (Phi) is 4.24. The molecule has 1 aliphatic rings. The minimum atomic E-state index is -3.22. The Labute approximate surface area is 123 Å². The van der Waals surface area contributed by atoms with Gasteiger partial charge in [-0.05, 0) is 18.6 Å². The van der Waals surface area contributed by atoms with Crippen LogP contribution >= 0.6 is 11.8 Å². The minimum Gasteiger partial charge on any atom is -0.384 e. The molecule has 0 saturated carbocycles. The number of hydrogen-bond acceptors (Lipinski definition) is 6. The molecule has 0 aromatic carbocycles. The van der Waals surface area contributed by atoms with E-state index in [4.69, 9.17) is 11.1 Å². The van der Waals surface area contributed by atoms with E-state index in [1.165, 1.54) is 6.26 Å². The molecule has 20 heavy (non-hydrogen) atoms. The van der Waals surface area contributed by atoms with Crippen LogP contribution < -0.4 is 10.6 Å². The van der Waals surface area contributed by atoms with Gasteiger partial charge in [0.05, 0.1) is 5.56 Å². The maximum atomic E-state index is 12.0. The van der Waals surface area contributed by atoms with Crippen LogP contribution in [0.1, 0.15) is 11.1 Å². The van der Waals surface area contributed by atoms with Crippen LogP contribution in [0.5, 0.6) is 0 Å². The average Bonchev–Trinajstić information content (AvgIpc) is 2.37. The zero-order valence-electron chi connectivity index (χ0n) is 11.5. The molecular formula is C12H18N4O2S2. The molecule has 3 N–H and O–H groups in total. The summed E-state index contributed by atoms with van der Waals surface area (Å²) in [6.45, 7) is 2.43. The Bertz CT molecular complexity index is 630. The summed E-state index contributed by atoms with van der Waals surface area (Å²) in [7, 11) is -3.22.